The van der Waals surface area contributed by atoms with E-state index < -0.39 is 0 Å². The number of rotatable bonds is 1. The second-order valence-electron chi connectivity index (χ2n) is 1.96. The number of aromatic nitrogens is 2. The Labute approximate surface area is 64.3 Å². The Bertz CT molecular complexity index is 284. The predicted molar refractivity (Wildman–Crippen MR) is 47.4 cm³/mol. The molecule has 10 heavy (non-hydrogen) atoms. The van der Waals surface area contributed by atoms with Gasteiger partial charge in [-0.1, -0.05) is 0 Å². The van der Waals surface area contributed by atoms with Crippen molar-refractivity contribution in [3.63, 3.8) is 0 Å². The molecular formula is C4H9N3OSi2. The van der Waals surface area contributed by atoms with E-state index in [2.05, 4.69) is 9.97 Å². The number of nitrogens with one attached hydrogen (secondary N) is 1. The van der Waals surface area contributed by atoms with Crippen LogP contribution in [0.5, 0.6) is 0 Å². The molecule has 0 saturated carbocycles. The zero-order valence-electron chi connectivity index (χ0n) is 5.96. The molecule has 1 heterocycles. The van der Waals surface area contributed by atoms with Gasteiger partial charge in [-0.15, -0.1) is 0 Å². The number of hydrogen-bond acceptors (Lipinski definition) is 3. The molecule has 0 aliphatic heterocycles. The molecule has 4 nitrogen and oxygen atoms in total. The Balaban J connectivity index is 3.17. The van der Waals surface area contributed by atoms with Crippen LogP contribution in [0.1, 0.15) is 0 Å². The number of hydrogen-bond donors (Lipinski definition) is 1. The molecule has 54 valence electrons. The van der Waals surface area contributed by atoms with E-state index in [4.69, 9.17) is 0 Å². The minimum absolute atomic E-state index is 0.160. The SMILES string of the molecule is O=c1nc(N[SiH3])ccn1[SiH3]. The molecule has 0 radical (unpaired) electrons. The molecule has 0 spiro atoms. The van der Waals surface area contributed by atoms with E-state index in [0.717, 1.165) is 10.4 Å². The van der Waals surface area contributed by atoms with Gasteiger partial charge >= 0.3 is 5.69 Å². The zero-order valence-corrected chi connectivity index (χ0v) is 9.96. The molecule has 0 aromatic carbocycles. The van der Waals surface area contributed by atoms with E-state index in [1.165, 1.54) is 0 Å². The normalized spacial score (nSPS) is 10.0. The van der Waals surface area contributed by atoms with Crippen LogP contribution in [0.3, 0.4) is 0 Å². The quantitative estimate of drug-likeness (QED) is 0.460. The summed E-state index contributed by atoms with van der Waals surface area (Å²) in [5, 5.41) is 0. The van der Waals surface area contributed by atoms with Gasteiger partial charge in [0.15, 0.2) is 0 Å². The maximum Gasteiger partial charge on any atom is 0.340 e. The fourth-order valence-corrected chi connectivity index (χ4v) is 1.13. The maximum absolute atomic E-state index is 10.9. The fourth-order valence-electron chi connectivity index (χ4n) is 0.605. The van der Waals surface area contributed by atoms with Gasteiger partial charge in [-0.2, -0.15) is 4.98 Å². The molecule has 0 amide bonds. The van der Waals surface area contributed by atoms with E-state index in [-0.39, 0.29) is 5.69 Å². The highest BCUT2D eigenvalue weighted by molar-refractivity contribution is 6.15. The van der Waals surface area contributed by atoms with Crippen LogP contribution >= 0.6 is 0 Å². The van der Waals surface area contributed by atoms with E-state index in [9.17, 15) is 4.79 Å². The van der Waals surface area contributed by atoms with Crippen LogP contribution in [0, 0.1) is 0 Å². The Morgan fingerprint density at radius 3 is 2.90 bits per heavy atom. The average molecular weight is 171 g/mol. The first-order valence-corrected chi connectivity index (χ1v) is 4.85. The van der Waals surface area contributed by atoms with Gasteiger partial charge in [0.25, 0.3) is 0 Å². The third-order valence-electron chi connectivity index (χ3n) is 1.23. The molecule has 0 bridgehead atoms. The van der Waals surface area contributed by atoms with Crippen LogP contribution in [0.25, 0.3) is 0 Å². The first kappa shape index (κ1) is 7.22. The lowest BCUT2D eigenvalue weighted by Gasteiger charge is -1.98. The summed E-state index contributed by atoms with van der Waals surface area (Å²) in [4.78, 5) is 17.5. The fraction of sp³-hybridized carbons (Fsp3) is 0. The van der Waals surface area contributed by atoms with Crippen molar-refractivity contribution in [2.75, 3.05) is 4.98 Å². The molecule has 1 rings (SSSR count). The van der Waals surface area contributed by atoms with Crippen LogP contribution in [0.4, 0.5) is 5.82 Å². The van der Waals surface area contributed by atoms with Crippen LogP contribution in [-0.4, -0.2) is 30.0 Å². The standard InChI is InChI=1S/C4H9N3OSi2/c8-4-5-3(6-9)1-2-7(4)10/h1-2H,9-10H3,(H,5,6,8). The third kappa shape index (κ3) is 1.33. The zero-order chi connectivity index (χ0) is 7.56. The minimum atomic E-state index is -0.160. The highest BCUT2D eigenvalue weighted by Crippen LogP contribution is 1.91. The van der Waals surface area contributed by atoms with E-state index in [0.29, 0.717) is 16.2 Å². The van der Waals surface area contributed by atoms with Gasteiger partial charge in [0.2, 0.25) is 0 Å². The summed E-state index contributed by atoms with van der Waals surface area (Å²) < 4.78 is 1.57. The van der Waals surface area contributed by atoms with Crippen LogP contribution < -0.4 is 10.7 Å². The van der Waals surface area contributed by atoms with Crippen molar-refractivity contribution in [2.45, 2.75) is 0 Å². The van der Waals surface area contributed by atoms with Crippen molar-refractivity contribution in [3.05, 3.63) is 22.7 Å². The number of anilines is 1. The third-order valence-corrected chi connectivity index (χ3v) is 2.42. The van der Waals surface area contributed by atoms with Crippen LogP contribution in [0.15, 0.2) is 17.1 Å². The summed E-state index contributed by atoms with van der Waals surface area (Å²) >= 11 is 0. The van der Waals surface area contributed by atoms with Gasteiger partial charge in [0.05, 0.1) is 0 Å². The van der Waals surface area contributed by atoms with Gasteiger partial charge in [-0.05, 0) is 6.07 Å². The Morgan fingerprint density at radius 1 is 1.70 bits per heavy atom. The summed E-state index contributed by atoms with van der Waals surface area (Å²) in [6.45, 7) is 0. The second kappa shape index (κ2) is 2.80. The Hall–Kier alpha value is -0.886. The lowest BCUT2D eigenvalue weighted by Crippen LogP contribution is -2.21. The second-order valence-corrected chi connectivity index (χ2v) is 3.42. The first-order chi connectivity index (χ1) is 4.74. The summed E-state index contributed by atoms with van der Waals surface area (Å²) in [6.07, 6.45) is 1.75. The van der Waals surface area contributed by atoms with Gasteiger partial charge in [0.1, 0.15) is 26.6 Å². The molecule has 6 heteroatoms. The van der Waals surface area contributed by atoms with Crippen molar-refractivity contribution in [2.24, 2.45) is 0 Å². The van der Waals surface area contributed by atoms with E-state index >= 15 is 0 Å². The lowest BCUT2D eigenvalue weighted by atomic mass is 10.6. The largest absolute Gasteiger partial charge is 0.404 e. The summed E-state index contributed by atoms with van der Waals surface area (Å²) in [7, 11) is 1.52. The van der Waals surface area contributed by atoms with Gasteiger partial charge in [-0.25, -0.2) is 4.79 Å². The van der Waals surface area contributed by atoms with Crippen molar-refractivity contribution < 1.29 is 0 Å². The summed E-state index contributed by atoms with van der Waals surface area (Å²) in [6, 6.07) is 1.81. The van der Waals surface area contributed by atoms with Gasteiger partial charge in [-0.3, -0.25) is 0 Å². The Morgan fingerprint density at radius 2 is 2.40 bits per heavy atom. The average Bonchev–Trinajstić information content (AvgIpc) is 1.95. The Kier molecular flexibility index (Phi) is 2.02. The molecule has 0 fully saturated rings. The topological polar surface area (TPSA) is 46.9 Å². The molecule has 1 aromatic rings. The molecule has 0 aliphatic rings. The maximum atomic E-state index is 10.9. The molecular weight excluding hydrogens is 162 g/mol. The lowest BCUT2D eigenvalue weighted by molar-refractivity contribution is 1.01. The van der Waals surface area contributed by atoms with Crippen molar-refractivity contribution >= 4 is 26.6 Å². The predicted octanol–water partition coefficient (Wildman–Crippen LogP) is -2.94. The van der Waals surface area contributed by atoms with Crippen molar-refractivity contribution in [1.82, 2.24) is 9.22 Å². The first-order valence-electron chi connectivity index (χ1n) is 2.95. The molecule has 1 aromatic heterocycles. The monoisotopic (exact) mass is 171 g/mol. The molecule has 0 aliphatic carbocycles. The van der Waals surface area contributed by atoms with Crippen LogP contribution in [0.2, 0.25) is 0 Å². The van der Waals surface area contributed by atoms with Crippen molar-refractivity contribution in [3.8, 4) is 0 Å². The molecule has 1 N–H and O–H groups in total. The molecule has 0 saturated heterocycles. The highest BCUT2D eigenvalue weighted by atomic mass is 28.2. The minimum Gasteiger partial charge on any atom is -0.404 e. The molecule has 0 unspecified atom stereocenters. The van der Waals surface area contributed by atoms with E-state index in [1.807, 2.05) is 0 Å². The van der Waals surface area contributed by atoms with E-state index in [1.54, 1.807) is 16.5 Å². The van der Waals surface area contributed by atoms with Crippen molar-refractivity contribution in [1.29, 1.82) is 0 Å². The molecule has 0 atom stereocenters. The summed E-state index contributed by atoms with van der Waals surface area (Å²) in [5.41, 5.74) is -0.160. The van der Waals surface area contributed by atoms with Gasteiger partial charge in [0, 0.05) is 6.20 Å². The van der Waals surface area contributed by atoms with Crippen LogP contribution in [-0.2, 0) is 0 Å². The number of nitrogens with zero attached hydrogens (tertiary/aromatic N) is 2. The van der Waals surface area contributed by atoms with Gasteiger partial charge < -0.3 is 9.22 Å². The highest BCUT2D eigenvalue weighted by Gasteiger charge is 1.90. The summed E-state index contributed by atoms with van der Waals surface area (Å²) in [5.74, 6) is 0.684. The smallest absolute Gasteiger partial charge is 0.340 e.